The van der Waals surface area contributed by atoms with Gasteiger partial charge >= 0.3 is 0 Å². The quantitative estimate of drug-likeness (QED) is 0.842. The highest BCUT2D eigenvalue weighted by molar-refractivity contribution is 8.00. The first-order valence-corrected chi connectivity index (χ1v) is 7.89. The molecule has 0 aromatic heterocycles. The second-order valence-electron chi connectivity index (χ2n) is 3.32. The summed E-state index contributed by atoms with van der Waals surface area (Å²) in [5, 5.41) is 0.663. The third-order valence-corrected chi connectivity index (χ3v) is 5.58. The summed E-state index contributed by atoms with van der Waals surface area (Å²) in [6, 6.07) is 4.36. The Morgan fingerprint density at radius 2 is 1.81 bits per heavy atom. The molecule has 1 aliphatic heterocycles. The molecule has 0 amide bonds. The number of thioether (sulfide) groups is 1. The number of hydrogen-bond donors (Lipinski definition) is 0. The second-order valence-corrected chi connectivity index (χ2v) is 7.21. The molecule has 2 rings (SSSR count). The van der Waals surface area contributed by atoms with E-state index >= 15 is 0 Å². The highest BCUT2D eigenvalue weighted by Gasteiger charge is 2.27. The molecule has 1 aliphatic rings. The third-order valence-electron chi connectivity index (χ3n) is 2.19. The third kappa shape index (κ3) is 2.49. The number of rotatable bonds is 2. The number of sulfonamides is 1. The monoisotopic (exact) mass is 297 g/mol. The van der Waals surface area contributed by atoms with E-state index in [0.29, 0.717) is 22.5 Å². The van der Waals surface area contributed by atoms with Crippen molar-refractivity contribution in [1.82, 2.24) is 4.31 Å². The maximum absolute atomic E-state index is 12.1. The number of hydrogen-bond acceptors (Lipinski definition) is 3. The fourth-order valence-electron chi connectivity index (χ4n) is 1.41. The van der Waals surface area contributed by atoms with Crippen molar-refractivity contribution in [2.45, 2.75) is 4.90 Å². The molecule has 0 unspecified atom stereocenters. The first-order chi connectivity index (χ1) is 7.50. The Balaban J connectivity index is 2.42. The first kappa shape index (κ1) is 12.5. The van der Waals surface area contributed by atoms with Crippen LogP contribution in [0.25, 0.3) is 0 Å². The van der Waals surface area contributed by atoms with E-state index in [0.717, 1.165) is 5.75 Å². The zero-order valence-corrected chi connectivity index (χ0v) is 11.3. The molecule has 3 nitrogen and oxygen atoms in total. The van der Waals surface area contributed by atoms with Crippen LogP contribution in [0.3, 0.4) is 0 Å². The Hall–Kier alpha value is 0.0600. The van der Waals surface area contributed by atoms with E-state index in [1.54, 1.807) is 11.8 Å². The predicted octanol–water partition coefficient (Wildman–Crippen LogP) is 2.69. The largest absolute Gasteiger partial charge is 0.243 e. The topological polar surface area (TPSA) is 37.4 Å². The van der Waals surface area contributed by atoms with Crippen LogP contribution in [0.2, 0.25) is 10.0 Å². The van der Waals surface area contributed by atoms with Gasteiger partial charge in [-0.3, -0.25) is 0 Å². The lowest BCUT2D eigenvalue weighted by Gasteiger charge is -2.14. The average Bonchev–Trinajstić information content (AvgIpc) is 2.69. The maximum atomic E-state index is 12.1. The second kappa shape index (κ2) is 4.74. The van der Waals surface area contributed by atoms with Gasteiger partial charge in [0.15, 0.2) is 0 Å². The van der Waals surface area contributed by atoms with Crippen LogP contribution in [-0.4, -0.2) is 30.9 Å². The van der Waals surface area contributed by atoms with Crippen molar-refractivity contribution in [3.05, 3.63) is 28.2 Å². The summed E-state index contributed by atoms with van der Waals surface area (Å²) in [5.41, 5.74) is 0. The number of halogens is 2. The summed E-state index contributed by atoms with van der Waals surface area (Å²) in [5.74, 6) is 1.32. The van der Waals surface area contributed by atoms with Crippen LogP contribution in [0.5, 0.6) is 0 Å². The minimum absolute atomic E-state index is 0.160. The van der Waals surface area contributed by atoms with Gasteiger partial charge in [-0.1, -0.05) is 23.2 Å². The maximum Gasteiger partial charge on any atom is 0.243 e. The Kier molecular flexibility index (Phi) is 3.71. The molecule has 0 N–H and O–H groups in total. The Labute approximate surface area is 109 Å². The van der Waals surface area contributed by atoms with Crippen molar-refractivity contribution in [2.75, 3.05) is 18.2 Å². The van der Waals surface area contributed by atoms with Crippen molar-refractivity contribution in [3.63, 3.8) is 0 Å². The van der Waals surface area contributed by atoms with Gasteiger partial charge in [-0.05, 0) is 18.2 Å². The molecule has 1 fully saturated rings. The molecule has 0 radical (unpaired) electrons. The lowest BCUT2D eigenvalue weighted by atomic mass is 10.4. The van der Waals surface area contributed by atoms with E-state index in [1.807, 2.05) is 0 Å². The van der Waals surface area contributed by atoms with Gasteiger partial charge in [0.25, 0.3) is 0 Å². The minimum atomic E-state index is -3.44. The van der Waals surface area contributed by atoms with Gasteiger partial charge < -0.3 is 0 Å². The van der Waals surface area contributed by atoms with Crippen LogP contribution >= 0.6 is 35.0 Å². The lowest BCUT2D eigenvalue weighted by Crippen LogP contribution is -2.28. The van der Waals surface area contributed by atoms with Gasteiger partial charge in [0.1, 0.15) is 0 Å². The summed E-state index contributed by atoms with van der Waals surface area (Å²) in [7, 11) is -3.44. The van der Waals surface area contributed by atoms with Crippen molar-refractivity contribution in [2.24, 2.45) is 0 Å². The van der Waals surface area contributed by atoms with Gasteiger partial charge in [0.05, 0.1) is 10.8 Å². The standard InChI is InChI=1S/C9H9Cl2NO2S2/c10-7-3-8(11)5-9(4-7)16(13,14)12-1-2-15-6-12/h3-5H,1-2,6H2. The Bertz CT molecular complexity index is 478. The van der Waals surface area contributed by atoms with Crippen LogP contribution in [0, 0.1) is 0 Å². The normalized spacial score (nSPS) is 17.9. The smallest absolute Gasteiger partial charge is 0.207 e. The highest BCUT2D eigenvalue weighted by atomic mass is 35.5. The van der Waals surface area contributed by atoms with Gasteiger partial charge in [0.2, 0.25) is 10.0 Å². The Morgan fingerprint density at radius 3 is 2.31 bits per heavy atom. The van der Waals surface area contributed by atoms with E-state index in [9.17, 15) is 8.42 Å². The van der Waals surface area contributed by atoms with E-state index in [2.05, 4.69) is 0 Å². The molecule has 88 valence electrons. The van der Waals surface area contributed by atoms with E-state index < -0.39 is 10.0 Å². The van der Waals surface area contributed by atoms with E-state index in [1.165, 1.54) is 22.5 Å². The summed E-state index contributed by atoms with van der Waals surface area (Å²) in [6.45, 7) is 0.539. The van der Waals surface area contributed by atoms with Crippen molar-refractivity contribution >= 4 is 45.0 Å². The zero-order chi connectivity index (χ0) is 11.8. The molecule has 7 heteroatoms. The molecule has 1 heterocycles. The summed E-state index contributed by atoms with van der Waals surface area (Å²) < 4.78 is 25.7. The number of nitrogens with zero attached hydrogens (tertiary/aromatic N) is 1. The summed E-state index contributed by atoms with van der Waals surface area (Å²) >= 11 is 13.2. The van der Waals surface area contributed by atoms with Crippen molar-refractivity contribution in [3.8, 4) is 0 Å². The van der Waals surface area contributed by atoms with Crippen molar-refractivity contribution < 1.29 is 8.42 Å². The van der Waals surface area contributed by atoms with Crippen molar-refractivity contribution in [1.29, 1.82) is 0 Å². The molecule has 16 heavy (non-hydrogen) atoms. The molecule has 0 spiro atoms. The fraction of sp³-hybridized carbons (Fsp3) is 0.333. The highest BCUT2D eigenvalue weighted by Crippen LogP contribution is 2.27. The zero-order valence-electron chi connectivity index (χ0n) is 8.19. The molecule has 1 aromatic carbocycles. The minimum Gasteiger partial charge on any atom is -0.207 e. The molecule has 0 saturated carbocycles. The van der Waals surface area contributed by atoms with Crippen LogP contribution in [-0.2, 0) is 10.0 Å². The molecule has 1 aromatic rings. The van der Waals surface area contributed by atoms with Crippen LogP contribution in [0.4, 0.5) is 0 Å². The van der Waals surface area contributed by atoms with Gasteiger partial charge in [-0.25, -0.2) is 8.42 Å². The SMILES string of the molecule is O=S(=O)(c1cc(Cl)cc(Cl)c1)N1CCSC1. The van der Waals surface area contributed by atoms with Gasteiger partial charge in [-0.15, -0.1) is 11.8 Å². The predicted molar refractivity (Wildman–Crippen MR) is 67.7 cm³/mol. The molecular weight excluding hydrogens is 289 g/mol. The van der Waals surface area contributed by atoms with Crippen LogP contribution in [0.15, 0.2) is 23.1 Å². The molecule has 0 atom stereocenters. The molecular formula is C9H9Cl2NO2S2. The molecule has 0 aliphatic carbocycles. The molecule has 1 saturated heterocycles. The summed E-state index contributed by atoms with van der Waals surface area (Å²) in [4.78, 5) is 0.160. The van der Waals surface area contributed by atoms with E-state index in [4.69, 9.17) is 23.2 Å². The summed E-state index contributed by atoms with van der Waals surface area (Å²) in [6.07, 6.45) is 0. The number of benzene rings is 1. The van der Waals surface area contributed by atoms with Gasteiger partial charge in [-0.2, -0.15) is 4.31 Å². The Morgan fingerprint density at radius 1 is 1.19 bits per heavy atom. The van der Waals surface area contributed by atoms with Crippen LogP contribution < -0.4 is 0 Å². The van der Waals surface area contributed by atoms with Crippen LogP contribution in [0.1, 0.15) is 0 Å². The van der Waals surface area contributed by atoms with E-state index in [-0.39, 0.29) is 4.90 Å². The van der Waals surface area contributed by atoms with Gasteiger partial charge in [0, 0.05) is 22.3 Å². The molecule has 0 bridgehead atoms. The fourth-order valence-corrected chi connectivity index (χ4v) is 4.96. The average molecular weight is 298 g/mol. The first-order valence-electron chi connectivity index (χ1n) is 4.54. The lowest BCUT2D eigenvalue weighted by molar-refractivity contribution is 0.489.